The van der Waals surface area contributed by atoms with Crippen LogP contribution < -0.4 is 0 Å². The Hall–Kier alpha value is -3.64. The lowest BCUT2D eigenvalue weighted by Gasteiger charge is -2.29. The van der Waals surface area contributed by atoms with Crippen LogP contribution in [0.2, 0.25) is 0 Å². The quantitative estimate of drug-likeness (QED) is 0.231. The van der Waals surface area contributed by atoms with Gasteiger partial charge in [-0.15, -0.1) is 16.8 Å². The van der Waals surface area contributed by atoms with Gasteiger partial charge in [-0.3, -0.25) is 4.79 Å². The lowest BCUT2D eigenvalue weighted by atomic mass is 9.97. The number of hydrogen-bond acceptors (Lipinski definition) is 4. The third-order valence-electron chi connectivity index (χ3n) is 5.65. The number of amides is 1. The summed E-state index contributed by atoms with van der Waals surface area (Å²) in [7, 11) is 1.86. The average molecular weight is 469 g/mol. The van der Waals surface area contributed by atoms with Gasteiger partial charge in [-0.05, 0) is 16.7 Å². The number of allylic oxidation sites excluding steroid dienone is 1. The normalized spacial score (nSPS) is 10.9. The first-order chi connectivity index (χ1) is 16.7. The SMILES string of the molecule is C=CCn1c(Cc2ccccc2)nnc1SCC(=O)N(C)C(c1ccccc1)c1ccccc1. The molecule has 0 unspecified atom stereocenters. The van der Waals surface area contributed by atoms with E-state index in [-0.39, 0.29) is 17.7 Å². The number of aromatic nitrogens is 3. The van der Waals surface area contributed by atoms with Gasteiger partial charge in [0.15, 0.2) is 5.16 Å². The minimum Gasteiger partial charge on any atom is -0.334 e. The van der Waals surface area contributed by atoms with E-state index in [1.807, 2.05) is 77.2 Å². The molecule has 172 valence electrons. The average Bonchev–Trinajstić information content (AvgIpc) is 3.25. The lowest BCUT2D eigenvalue weighted by Crippen LogP contribution is -2.33. The molecule has 0 aliphatic rings. The highest BCUT2D eigenvalue weighted by Crippen LogP contribution is 2.29. The van der Waals surface area contributed by atoms with E-state index in [2.05, 4.69) is 53.2 Å². The van der Waals surface area contributed by atoms with Gasteiger partial charge in [-0.2, -0.15) is 0 Å². The molecular weight excluding hydrogens is 440 g/mol. The summed E-state index contributed by atoms with van der Waals surface area (Å²) in [4.78, 5) is 15.1. The number of thioether (sulfide) groups is 1. The summed E-state index contributed by atoms with van der Waals surface area (Å²) in [5.41, 5.74) is 3.32. The molecule has 34 heavy (non-hydrogen) atoms. The van der Waals surface area contributed by atoms with Gasteiger partial charge < -0.3 is 9.47 Å². The first kappa shape index (κ1) is 23.5. The van der Waals surface area contributed by atoms with Crippen LogP contribution in [-0.4, -0.2) is 38.4 Å². The Morgan fingerprint density at radius 1 is 0.941 bits per heavy atom. The molecular formula is C28H28N4OS. The van der Waals surface area contributed by atoms with Crippen LogP contribution in [-0.2, 0) is 17.8 Å². The lowest BCUT2D eigenvalue weighted by molar-refractivity contribution is -0.128. The molecule has 0 bridgehead atoms. The van der Waals surface area contributed by atoms with Crippen molar-refractivity contribution in [3.05, 3.63) is 126 Å². The van der Waals surface area contributed by atoms with Gasteiger partial charge in [-0.25, -0.2) is 0 Å². The van der Waals surface area contributed by atoms with Crippen molar-refractivity contribution in [2.45, 2.75) is 24.2 Å². The Balaban J connectivity index is 1.50. The maximum absolute atomic E-state index is 13.3. The zero-order valence-electron chi connectivity index (χ0n) is 19.2. The highest BCUT2D eigenvalue weighted by atomic mass is 32.2. The van der Waals surface area contributed by atoms with E-state index in [1.54, 1.807) is 0 Å². The molecule has 4 rings (SSSR count). The van der Waals surface area contributed by atoms with Crippen LogP contribution in [0.4, 0.5) is 0 Å². The van der Waals surface area contributed by atoms with E-state index in [0.717, 1.165) is 22.1 Å². The van der Waals surface area contributed by atoms with Crippen molar-refractivity contribution >= 4 is 17.7 Å². The summed E-state index contributed by atoms with van der Waals surface area (Å²) in [6.45, 7) is 4.47. The van der Waals surface area contributed by atoms with Gasteiger partial charge in [-0.1, -0.05) is 109 Å². The van der Waals surface area contributed by atoms with Crippen molar-refractivity contribution < 1.29 is 4.79 Å². The third kappa shape index (κ3) is 5.64. The molecule has 0 fully saturated rings. The van der Waals surface area contributed by atoms with Gasteiger partial charge in [0.25, 0.3) is 0 Å². The second kappa shape index (κ2) is 11.5. The van der Waals surface area contributed by atoms with E-state index in [1.165, 1.54) is 17.3 Å². The van der Waals surface area contributed by atoms with E-state index in [9.17, 15) is 4.79 Å². The topological polar surface area (TPSA) is 51.0 Å². The molecule has 0 radical (unpaired) electrons. The zero-order valence-corrected chi connectivity index (χ0v) is 20.1. The number of rotatable bonds is 10. The number of benzene rings is 3. The molecule has 1 aromatic heterocycles. The smallest absolute Gasteiger partial charge is 0.233 e. The molecule has 0 spiro atoms. The Morgan fingerprint density at radius 3 is 2.06 bits per heavy atom. The van der Waals surface area contributed by atoms with Crippen molar-refractivity contribution in [2.24, 2.45) is 0 Å². The number of carbonyl (C=O) groups excluding carboxylic acids is 1. The fraction of sp³-hybridized carbons (Fsp3) is 0.179. The molecule has 1 amide bonds. The van der Waals surface area contributed by atoms with Crippen LogP contribution in [0, 0.1) is 0 Å². The molecule has 1 heterocycles. The number of hydrogen-bond donors (Lipinski definition) is 0. The zero-order chi connectivity index (χ0) is 23.8. The first-order valence-corrected chi connectivity index (χ1v) is 12.2. The Morgan fingerprint density at radius 2 is 1.50 bits per heavy atom. The largest absolute Gasteiger partial charge is 0.334 e. The van der Waals surface area contributed by atoms with Gasteiger partial charge in [0, 0.05) is 20.0 Å². The maximum atomic E-state index is 13.3. The monoisotopic (exact) mass is 468 g/mol. The fourth-order valence-electron chi connectivity index (χ4n) is 3.93. The standard InChI is InChI=1S/C28H28N4OS/c1-3-19-32-25(20-22-13-7-4-8-14-22)29-30-28(32)34-21-26(33)31(2)27(23-15-9-5-10-16-23)24-17-11-6-12-18-24/h3-18,27H,1,19-21H2,2H3. The summed E-state index contributed by atoms with van der Waals surface area (Å²) in [5.74, 6) is 1.16. The Kier molecular flexibility index (Phi) is 7.94. The Labute approximate surface area is 205 Å². The predicted octanol–water partition coefficient (Wildman–Crippen LogP) is 5.40. The maximum Gasteiger partial charge on any atom is 0.233 e. The van der Waals surface area contributed by atoms with E-state index >= 15 is 0 Å². The van der Waals surface area contributed by atoms with Crippen LogP contribution in [0.25, 0.3) is 0 Å². The van der Waals surface area contributed by atoms with Gasteiger partial charge in [0.1, 0.15) is 5.82 Å². The molecule has 4 aromatic rings. The highest BCUT2D eigenvalue weighted by molar-refractivity contribution is 7.99. The number of carbonyl (C=O) groups is 1. The molecule has 0 saturated heterocycles. The van der Waals surface area contributed by atoms with Gasteiger partial charge in [0.2, 0.25) is 5.91 Å². The van der Waals surface area contributed by atoms with Crippen molar-refractivity contribution in [3.8, 4) is 0 Å². The molecule has 0 atom stereocenters. The van der Waals surface area contributed by atoms with E-state index in [4.69, 9.17) is 0 Å². The van der Waals surface area contributed by atoms with Crippen molar-refractivity contribution in [3.63, 3.8) is 0 Å². The molecule has 5 nitrogen and oxygen atoms in total. The van der Waals surface area contributed by atoms with Gasteiger partial charge >= 0.3 is 0 Å². The Bertz CT molecular complexity index is 1170. The first-order valence-electron chi connectivity index (χ1n) is 11.2. The van der Waals surface area contributed by atoms with Crippen LogP contribution in [0.1, 0.15) is 28.6 Å². The molecule has 0 N–H and O–H groups in total. The van der Waals surface area contributed by atoms with Crippen LogP contribution in [0.5, 0.6) is 0 Å². The molecule has 0 aliphatic heterocycles. The highest BCUT2D eigenvalue weighted by Gasteiger charge is 2.24. The minimum atomic E-state index is -0.157. The third-order valence-corrected chi connectivity index (χ3v) is 6.60. The molecule has 6 heteroatoms. The van der Waals surface area contributed by atoms with Crippen molar-refractivity contribution in [2.75, 3.05) is 12.8 Å². The van der Waals surface area contributed by atoms with Crippen LogP contribution >= 0.6 is 11.8 Å². The molecule has 3 aromatic carbocycles. The van der Waals surface area contributed by atoms with Crippen molar-refractivity contribution in [1.29, 1.82) is 0 Å². The molecule has 0 aliphatic carbocycles. The summed E-state index contributed by atoms with van der Waals surface area (Å²) in [5, 5.41) is 9.51. The summed E-state index contributed by atoms with van der Waals surface area (Å²) < 4.78 is 2.03. The van der Waals surface area contributed by atoms with Crippen molar-refractivity contribution in [1.82, 2.24) is 19.7 Å². The van der Waals surface area contributed by atoms with Crippen LogP contribution in [0.3, 0.4) is 0 Å². The number of nitrogens with zero attached hydrogens (tertiary/aromatic N) is 4. The van der Waals surface area contributed by atoms with Gasteiger partial charge in [0.05, 0.1) is 11.8 Å². The summed E-state index contributed by atoms with van der Waals surface area (Å²) in [6.07, 6.45) is 2.51. The molecule has 0 saturated carbocycles. The summed E-state index contributed by atoms with van der Waals surface area (Å²) in [6, 6.07) is 30.3. The second-order valence-electron chi connectivity index (χ2n) is 7.98. The summed E-state index contributed by atoms with van der Waals surface area (Å²) >= 11 is 1.41. The fourth-order valence-corrected chi connectivity index (χ4v) is 4.82. The van der Waals surface area contributed by atoms with E-state index in [0.29, 0.717) is 13.0 Å². The minimum absolute atomic E-state index is 0.0282. The predicted molar refractivity (Wildman–Crippen MR) is 138 cm³/mol. The van der Waals surface area contributed by atoms with Crippen LogP contribution in [0.15, 0.2) is 109 Å². The second-order valence-corrected chi connectivity index (χ2v) is 8.92. The van der Waals surface area contributed by atoms with E-state index < -0.39 is 0 Å².